The number of hydrogen-bond donors (Lipinski definition) is 1. The maximum absolute atomic E-state index is 13.1. The Bertz CT molecular complexity index is 931. The van der Waals surface area contributed by atoms with Crippen molar-refractivity contribution in [1.29, 1.82) is 0 Å². The van der Waals surface area contributed by atoms with E-state index in [1.807, 2.05) is 59.2 Å². The highest BCUT2D eigenvalue weighted by atomic mass is 16.5. The molecule has 1 fully saturated rings. The summed E-state index contributed by atoms with van der Waals surface area (Å²) in [5.41, 5.74) is 1.78. The van der Waals surface area contributed by atoms with Gasteiger partial charge in [0.25, 0.3) is 5.56 Å². The number of morpholine rings is 1. The van der Waals surface area contributed by atoms with Gasteiger partial charge in [-0.2, -0.15) is 0 Å². The standard InChI is InChI=1S/C21H23N3O2/c25-21-18-9-4-5-10-19(18)22-20(17-7-2-1-3-8-17)24(21)12-6-11-23-13-15-26-16-14-23/h1-5,7-10H,6,11-16H2/p+1. The molecule has 3 aromatic rings. The van der Waals surface area contributed by atoms with Crippen molar-refractivity contribution >= 4 is 10.9 Å². The Morgan fingerprint density at radius 2 is 1.73 bits per heavy atom. The molecular weight excluding hydrogens is 326 g/mol. The summed E-state index contributed by atoms with van der Waals surface area (Å²) >= 11 is 0. The molecule has 5 nitrogen and oxygen atoms in total. The number of quaternary nitrogens is 1. The fourth-order valence-corrected chi connectivity index (χ4v) is 3.58. The predicted molar refractivity (Wildman–Crippen MR) is 102 cm³/mol. The zero-order valence-electron chi connectivity index (χ0n) is 14.9. The van der Waals surface area contributed by atoms with Crippen LogP contribution in [0.15, 0.2) is 59.4 Å². The lowest BCUT2D eigenvalue weighted by Gasteiger charge is -2.24. The zero-order chi connectivity index (χ0) is 17.8. The first kappa shape index (κ1) is 16.9. The van der Waals surface area contributed by atoms with Crippen LogP contribution in [0.25, 0.3) is 22.3 Å². The molecule has 0 spiro atoms. The molecule has 1 aliphatic rings. The van der Waals surface area contributed by atoms with E-state index in [0.717, 1.165) is 56.2 Å². The minimum Gasteiger partial charge on any atom is -0.370 e. The fraction of sp³-hybridized carbons (Fsp3) is 0.333. The first-order valence-corrected chi connectivity index (χ1v) is 9.29. The largest absolute Gasteiger partial charge is 0.370 e. The molecule has 2 heterocycles. The second kappa shape index (κ2) is 7.81. The molecule has 4 rings (SSSR count). The smallest absolute Gasteiger partial charge is 0.261 e. The van der Waals surface area contributed by atoms with Crippen molar-refractivity contribution < 1.29 is 9.64 Å². The molecule has 0 unspecified atom stereocenters. The molecule has 1 aliphatic heterocycles. The molecule has 1 aromatic heterocycles. The van der Waals surface area contributed by atoms with Gasteiger partial charge in [0.15, 0.2) is 0 Å². The molecule has 0 saturated carbocycles. The maximum Gasteiger partial charge on any atom is 0.261 e. The topological polar surface area (TPSA) is 48.6 Å². The van der Waals surface area contributed by atoms with E-state index >= 15 is 0 Å². The molecule has 0 amide bonds. The molecule has 0 radical (unpaired) electrons. The van der Waals surface area contributed by atoms with Crippen LogP contribution in [0, 0.1) is 0 Å². The second-order valence-corrected chi connectivity index (χ2v) is 6.74. The molecule has 5 heteroatoms. The van der Waals surface area contributed by atoms with Crippen LogP contribution < -0.4 is 10.5 Å². The molecule has 0 aliphatic carbocycles. The average molecular weight is 350 g/mol. The second-order valence-electron chi connectivity index (χ2n) is 6.74. The SMILES string of the molecule is O=c1c2ccccc2nc(-c2ccccc2)n1CCC[NH+]1CCOCC1. The Hall–Kier alpha value is -2.50. The van der Waals surface area contributed by atoms with Crippen molar-refractivity contribution in [2.75, 3.05) is 32.8 Å². The van der Waals surface area contributed by atoms with Crippen molar-refractivity contribution in [3.8, 4) is 11.4 Å². The van der Waals surface area contributed by atoms with Gasteiger partial charge in [0.1, 0.15) is 18.9 Å². The zero-order valence-corrected chi connectivity index (χ0v) is 14.9. The molecule has 0 bridgehead atoms. The quantitative estimate of drug-likeness (QED) is 0.756. The Kier molecular flexibility index (Phi) is 5.09. The van der Waals surface area contributed by atoms with Gasteiger partial charge in [-0.25, -0.2) is 4.98 Å². The number of rotatable bonds is 5. The third-order valence-corrected chi connectivity index (χ3v) is 5.01. The molecule has 134 valence electrons. The van der Waals surface area contributed by atoms with Crippen LogP contribution in [0.1, 0.15) is 6.42 Å². The van der Waals surface area contributed by atoms with Crippen LogP contribution in [0.5, 0.6) is 0 Å². The van der Waals surface area contributed by atoms with E-state index in [9.17, 15) is 4.79 Å². The van der Waals surface area contributed by atoms with Crippen molar-refractivity contribution in [2.24, 2.45) is 0 Å². The van der Waals surface area contributed by atoms with E-state index in [1.165, 1.54) is 0 Å². The number of nitrogens with zero attached hydrogens (tertiary/aromatic N) is 2. The first-order chi connectivity index (χ1) is 12.8. The van der Waals surface area contributed by atoms with Gasteiger partial charge < -0.3 is 9.64 Å². The van der Waals surface area contributed by atoms with Crippen molar-refractivity contribution in [3.05, 3.63) is 65.0 Å². The molecule has 0 atom stereocenters. The summed E-state index contributed by atoms with van der Waals surface area (Å²) < 4.78 is 7.27. The maximum atomic E-state index is 13.1. The molecular formula is C21H24N3O2+. The van der Waals surface area contributed by atoms with Crippen LogP contribution in [0.2, 0.25) is 0 Å². The van der Waals surface area contributed by atoms with Gasteiger partial charge in [0, 0.05) is 18.5 Å². The number of para-hydroxylation sites is 1. The van der Waals surface area contributed by atoms with Crippen LogP contribution >= 0.6 is 0 Å². The lowest BCUT2D eigenvalue weighted by molar-refractivity contribution is -0.908. The lowest BCUT2D eigenvalue weighted by atomic mass is 10.1. The van der Waals surface area contributed by atoms with Gasteiger partial charge in [-0.15, -0.1) is 0 Å². The summed E-state index contributed by atoms with van der Waals surface area (Å²) in [4.78, 5) is 19.5. The molecule has 2 aromatic carbocycles. The van der Waals surface area contributed by atoms with E-state index in [4.69, 9.17) is 9.72 Å². The van der Waals surface area contributed by atoms with E-state index in [2.05, 4.69) is 0 Å². The Labute approximate surface area is 152 Å². The monoisotopic (exact) mass is 350 g/mol. The van der Waals surface area contributed by atoms with Gasteiger partial charge in [-0.1, -0.05) is 42.5 Å². The van der Waals surface area contributed by atoms with Gasteiger partial charge in [0.05, 0.1) is 30.7 Å². The molecule has 1 N–H and O–H groups in total. The Balaban J connectivity index is 1.66. The highest BCUT2D eigenvalue weighted by molar-refractivity contribution is 5.79. The van der Waals surface area contributed by atoms with Crippen LogP contribution in [-0.4, -0.2) is 42.4 Å². The van der Waals surface area contributed by atoms with Crippen molar-refractivity contribution in [1.82, 2.24) is 9.55 Å². The highest BCUT2D eigenvalue weighted by Gasteiger charge is 2.15. The van der Waals surface area contributed by atoms with Gasteiger partial charge in [-0.3, -0.25) is 9.36 Å². The van der Waals surface area contributed by atoms with E-state index in [1.54, 1.807) is 4.90 Å². The predicted octanol–water partition coefficient (Wildman–Crippen LogP) is 1.37. The highest BCUT2D eigenvalue weighted by Crippen LogP contribution is 2.18. The van der Waals surface area contributed by atoms with Crippen molar-refractivity contribution in [2.45, 2.75) is 13.0 Å². The van der Waals surface area contributed by atoms with Gasteiger partial charge in [0.2, 0.25) is 0 Å². The fourth-order valence-electron chi connectivity index (χ4n) is 3.58. The summed E-state index contributed by atoms with van der Waals surface area (Å²) in [7, 11) is 0. The molecule has 26 heavy (non-hydrogen) atoms. The number of benzene rings is 2. The third-order valence-electron chi connectivity index (χ3n) is 5.01. The number of hydrogen-bond acceptors (Lipinski definition) is 3. The van der Waals surface area contributed by atoms with E-state index < -0.39 is 0 Å². The van der Waals surface area contributed by atoms with Crippen LogP contribution in [0.4, 0.5) is 0 Å². The Morgan fingerprint density at radius 3 is 2.54 bits per heavy atom. The van der Waals surface area contributed by atoms with Gasteiger partial charge >= 0.3 is 0 Å². The van der Waals surface area contributed by atoms with Gasteiger partial charge in [-0.05, 0) is 12.1 Å². The number of ether oxygens (including phenoxy) is 1. The average Bonchev–Trinajstić information content (AvgIpc) is 2.71. The Morgan fingerprint density at radius 1 is 1.00 bits per heavy atom. The lowest BCUT2D eigenvalue weighted by Crippen LogP contribution is -3.14. The summed E-state index contributed by atoms with van der Waals surface area (Å²) in [6.07, 6.45) is 0.953. The summed E-state index contributed by atoms with van der Waals surface area (Å²) in [5.74, 6) is 0.756. The summed E-state index contributed by atoms with van der Waals surface area (Å²) in [5, 5.41) is 0.686. The minimum atomic E-state index is 0.0476. The first-order valence-electron chi connectivity index (χ1n) is 9.29. The molecule has 1 saturated heterocycles. The number of fused-ring (bicyclic) bond motifs is 1. The summed E-state index contributed by atoms with van der Waals surface area (Å²) in [6.45, 7) is 5.51. The number of nitrogens with one attached hydrogen (secondary N) is 1. The minimum absolute atomic E-state index is 0.0476. The van der Waals surface area contributed by atoms with E-state index in [0.29, 0.717) is 11.9 Å². The van der Waals surface area contributed by atoms with Crippen molar-refractivity contribution in [3.63, 3.8) is 0 Å². The van der Waals surface area contributed by atoms with Crippen LogP contribution in [0.3, 0.4) is 0 Å². The normalized spacial score (nSPS) is 15.4. The number of aromatic nitrogens is 2. The third kappa shape index (κ3) is 3.54. The summed E-state index contributed by atoms with van der Waals surface area (Å²) in [6, 6.07) is 17.6. The van der Waals surface area contributed by atoms with Crippen LogP contribution in [-0.2, 0) is 11.3 Å². The van der Waals surface area contributed by atoms with E-state index in [-0.39, 0.29) is 5.56 Å².